The van der Waals surface area contributed by atoms with Crippen LogP contribution < -0.4 is 0 Å². The first-order valence-electron chi connectivity index (χ1n) is 3.18. The van der Waals surface area contributed by atoms with Crippen molar-refractivity contribution in [2.45, 2.75) is 0 Å². The van der Waals surface area contributed by atoms with E-state index in [9.17, 15) is 5.11 Å². The van der Waals surface area contributed by atoms with Crippen molar-refractivity contribution in [2.24, 2.45) is 0 Å². The van der Waals surface area contributed by atoms with Gasteiger partial charge in [-0.05, 0) is 90.4 Å². The van der Waals surface area contributed by atoms with E-state index in [-0.39, 0.29) is 0 Å². The minimum atomic E-state index is 0.338. The Morgan fingerprint density at radius 1 is 0.923 bits per heavy atom. The van der Waals surface area contributed by atoms with Gasteiger partial charge in [-0.2, -0.15) is 0 Å². The van der Waals surface area contributed by atoms with Crippen molar-refractivity contribution in [2.75, 3.05) is 0 Å². The Hall–Kier alpha value is 1.68. The molecule has 0 aromatic heterocycles. The predicted molar refractivity (Wildman–Crippen MR) is 89.1 cm³/mol. The van der Waals surface area contributed by atoms with Crippen LogP contribution in [0.5, 0.6) is 5.75 Å². The average molecular weight is 624 g/mol. The van der Waals surface area contributed by atoms with Gasteiger partial charge in [0.1, 0.15) is 5.75 Å². The highest BCUT2D eigenvalue weighted by Crippen LogP contribution is 2.37. The first-order valence-corrected chi connectivity index (χ1v) is 7.49. The SMILES string of the molecule is C=Cc1c(O)c(I)c(I)c(I)c1I. The minimum absolute atomic E-state index is 0.338. The fraction of sp³-hybridized carbons (Fsp3) is 0. The van der Waals surface area contributed by atoms with Gasteiger partial charge in [0, 0.05) is 16.3 Å². The summed E-state index contributed by atoms with van der Waals surface area (Å²) in [5.41, 5.74) is 0.829. The molecule has 0 aliphatic carbocycles. The second-order valence-electron chi connectivity index (χ2n) is 2.22. The van der Waals surface area contributed by atoms with E-state index in [1.54, 1.807) is 6.08 Å². The molecular weight excluding hydrogens is 620 g/mol. The molecule has 0 saturated heterocycles. The summed E-state index contributed by atoms with van der Waals surface area (Å²) in [5.74, 6) is 0.338. The highest BCUT2D eigenvalue weighted by atomic mass is 127. The van der Waals surface area contributed by atoms with Gasteiger partial charge in [-0.15, -0.1) is 0 Å². The van der Waals surface area contributed by atoms with E-state index in [0.717, 1.165) is 16.3 Å². The van der Waals surface area contributed by atoms with Crippen molar-refractivity contribution < 1.29 is 5.11 Å². The van der Waals surface area contributed by atoms with Crippen LogP contribution in [-0.4, -0.2) is 5.11 Å². The molecule has 1 nitrogen and oxygen atoms in total. The molecule has 0 aliphatic rings. The Morgan fingerprint density at radius 3 is 1.85 bits per heavy atom. The summed E-state index contributed by atoms with van der Waals surface area (Å²) in [4.78, 5) is 0. The first kappa shape index (κ1) is 12.7. The van der Waals surface area contributed by atoms with E-state index in [1.807, 2.05) is 0 Å². The fourth-order valence-corrected chi connectivity index (χ4v) is 4.25. The van der Waals surface area contributed by atoms with Crippen LogP contribution in [0.3, 0.4) is 0 Å². The number of halogens is 4. The van der Waals surface area contributed by atoms with E-state index < -0.39 is 0 Å². The molecule has 1 aromatic carbocycles. The van der Waals surface area contributed by atoms with Gasteiger partial charge in [0.25, 0.3) is 0 Å². The molecule has 0 bridgehead atoms. The quantitative estimate of drug-likeness (QED) is 0.279. The van der Waals surface area contributed by atoms with E-state index in [1.165, 1.54) is 3.57 Å². The molecular formula is C8H4I4O. The summed E-state index contributed by atoms with van der Waals surface area (Å²) in [6.45, 7) is 3.69. The normalized spacial score (nSPS) is 10.2. The highest BCUT2D eigenvalue weighted by molar-refractivity contribution is 14.1. The molecule has 0 spiro atoms. The smallest absolute Gasteiger partial charge is 0.138 e. The summed E-state index contributed by atoms with van der Waals surface area (Å²) in [7, 11) is 0. The number of aromatic hydroxyl groups is 1. The van der Waals surface area contributed by atoms with Crippen LogP contribution >= 0.6 is 90.4 Å². The number of rotatable bonds is 1. The summed E-state index contributed by atoms with van der Waals surface area (Å²) in [6.07, 6.45) is 1.69. The maximum Gasteiger partial charge on any atom is 0.138 e. The van der Waals surface area contributed by atoms with E-state index in [0.29, 0.717) is 5.75 Å². The van der Waals surface area contributed by atoms with Crippen LogP contribution in [0, 0.1) is 14.3 Å². The summed E-state index contributed by atoms with van der Waals surface area (Å²) < 4.78 is 4.25. The van der Waals surface area contributed by atoms with Gasteiger partial charge < -0.3 is 5.11 Å². The standard InChI is InChI=1S/C8H4I4O/c1-2-3-4(9)5(10)6(11)7(12)8(3)13/h2,13H,1H2. The van der Waals surface area contributed by atoms with Crippen molar-refractivity contribution in [3.63, 3.8) is 0 Å². The monoisotopic (exact) mass is 624 g/mol. The molecule has 0 fully saturated rings. The van der Waals surface area contributed by atoms with Crippen LogP contribution in [0.15, 0.2) is 6.58 Å². The molecule has 5 heteroatoms. The molecule has 0 atom stereocenters. The lowest BCUT2D eigenvalue weighted by Gasteiger charge is -2.09. The number of hydrogen-bond acceptors (Lipinski definition) is 1. The molecule has 0 saturated carbocycles. The molecule has 0 aliphatic heterocycles. The van der Waals surface area contributed by atoms with Gasteiger partial charge in [0.05, 0.1) is 3.57 Å². The Labute approximate surface area is 131 Å². The fourth-order valence-electron chi connectivity index (χ4n) is 0.823. The summed E-state index contributed by atoms with van der Waals surface area (Å²) in [6, 6.07) is 0. The van der Waals surface area contributed by atoms with Crippen molar-refractivity contribution in [3.05, 3.63) is 26.4 Å². The van der Waals surface area contributed by atoms with Gasteiger partial charge in [-0.3, -0.25) is 0 Å². The lowest BCUT2D eigenvalue weighted by atomic mass is 10.2. The number of hydrogen-bond donors (Lipinski definition) is 1. The number of phenolic OH excluding ortho intramolecular Hbond substituents is 1. The molecule has 0 amide bonds. The first-order chi connectivity index (χ1) is 6.00. The molecule has 0 unspecified atom stereocenters. The Balaban J connectivity index is 3.66. The zero-order chi connectivity index (χ0) is 10.2. The van der Waals surface area contributed by atoms with Crippen LogP contribution in [-0.2, 0) is 0 Å². The van der Waals surface area contributed by atoms with Crippen LogP contribution in [0.1, 0.15) is 5.56 Å². The second-order valence-corrected chi connectivity index (χ2v) is 6.54. The van der Waals surface area contributed by atoms with E-state index >= 15 is 0 Å². The van der Waals surface area contributed by atoms with Crippen molar-refractivity contribution in [1.82, 2.24) is 0 Å². The maximum absolute atomic E-state index is 9.79. The van der Waals surface area contributed by atoms with Crippen LogP contribution in [0.4, 0.5) is 0 Å². The summed E-state index contributed by atoms with van der Waals surface area (Å²) in [5, 5.41) is 9.79. The van der Waals surface area contributed by atoms with E-state index in [4.69, 9.17) is 0 Å². The van der Waals surface area contributed by atoms with Crippen LogP contribution in [0.2, 0.25) is 0 Å². The van der Waals surface area contributed by atoms with Crippen molar-refractivity contribution in [3.8, 4) is 5.75 Å². The average Bonchev–Trinajstić information content (AvgIpc) is 2.13. The predicted octanol–water partition coefficient (Wildman–Crippen LogP) is 4.45. The third kappa shape index (κ3) is 2.44. The molecule has 70 valence electrons. The zero-order valence-corrected chi connectivity index (χ0v) is 14.9. The van der Waals surface area contributed by atoms with E-state index in [2.05, 4.69) is 96.9 Å². The second kappa shape index (κ2) is 5.14. The minimum Gasteiger partial charge on any atom is -0.506 e. The lowest BCUT2D eigenvalue weighted by molar-refractivity contribution is 0.469. The van der Waals surface area contributed by atoms with Gasteiger partial charge in [0.2, 0.25) is 0 Å². The van der Waals surface area contributed by atoms with Gasteiger partial charge in [0.15, 0.2) is 0 Å². The Morgan fingerprint density at radius 2 is 1.38 bits per heavy atom. The third-order valence-corrected chi connectivity index (χ3v) is 8.91. The lowest BCUT2D eigenvalue weighted by Crippen LogP contribution is -1.95. The molecule has 1 aromatic rings. The zero-order valence-electron chi connectivity index (χ0n) is 6.24. The molecule has 1 rings (SSSR count). The molecule has 0 radical (unpaired) electrons. The Kier molecular flexibility index (Phi) is 5.04. The molecule has 1 N–H and O–H groups in total. The largest absolute Gasteiger partial charge is 0.506 e. The van der Waals surface area contributed by atoms with Crippen molar-refractivity contribution in [1.29, 1.82) is 0 Å². The van der Waals surface area contributed by atoms with Gasteiger partial charge >= 0.3 is 0 Å². The van der Waals surface area contributed by atoms with Gasteiger partial charge in [-0.1, -0.05) is 12.7 Å². The maximum atomic E-state index is 9.79. The highest BCUT2D eigenvalue weighted by Gasteiger charge is 2.15. The van der Waals surface area contributed by atoms with Gasteiger partial charge in [-0.25, -0.2) is 0 Å². The third-order valence-electron chi connectivity index (χ3n) is 1.48. The van der Waals surface area contributed by atoms with Crippen molar-refractivity contribution >= 4 is 96.4 Å². The Bertz CT molecular complexity index is 344. The number of benzene rings is 1. The molecule has 0 heterocycles. The summed E-state index contributed by atoms with van der Waals surface area (Å²) >= 11 is 8.89. The number of phenols is 1. The topological polar surface area (TPSA) is 20.2 Å². The van der Waals surface area contributed by atoms with Crippen LogP contribution in [0.25, 0.3) is 6.08 Å². The molecule has 13 heavy (non-hydrogen) atoms.